The average molecular weight is 295 g/mol. The predicted octanol–water partition coefficient (Wildman–Crippen LogP) is 2.20. The van der Waals surface area contributed by atoms with E-state index < -0.39 is 0 Å². The molecule has 1 rings (SSSR count). The topological polar surface area (TPSA) is 74.5 Å². The lowest BCUT2D eigenvalue weighted by molar-refractivity contribution is -0.384. The standard InChI is InChI=1S/C14H25N5O2/c1-5-7-15-13-10-12(19(20)21)11-14(16-13)18(4)9-6-8-17(2)3/h10-11H,5-9H2,1-4H3,(H,15,16). The zero-order valence-electron chi connectivity index (χ0n) is 13.3. The van der Waals surface area contributed by atoms with Gasteiger partial charge in [0.25, 0.3) is 5.69 Å². The fourth-order valence-corrected chi connectivity index (χ4v) is 1.89. The molecule has 0 saturated heterocycles. The first-order chi connectivity index (χ1) is 9.93. The van der Waals surface area contributed by atoms with Crippen molar-refractivity contribution in [2.45, 2.75) is 19.8 Å². The molecule has 0 amide bonds. The Balaban J connectivity index is 2.83. The molecule has 21 heavy (non-hydrogen) atoms. The maximum atomic E-state index is 11.0. The molecule has 0 aliphatic rings. The molecule has 0 aliphatic carbocycles. The minimum absolute atomic E-state index is 0.0677. The Kier molecular flexibility index (Phi) is 6.87. The zero-order chi connectivity index (χ0) is 15.8. The molecule has 7 nitrogen and oxygen atoms in total. The number of nitro groups is 1. The number of rotatable bonds is 9. The maximum absolute atomic E-state index is 11.0. The summed E-state index contributed by atoms with van der Waals surface area (Å²) in [5.74, 6) is 1.18. The Morgan fingerprint density at radius 3 is 2.57 bits per heavy atom. The fourth-order valence-electron chi connectivity index (χ4n) is 1.89. The molecule has 118 valence electrons. The van der Waals surface area contributed by atoms with Gasteiger partial charge in [-0.25, -0.2) is 4.98 Å². The van der Waals surface area contributed by atoms with E-state index in [0.29, 0.717) is 11.6 Å². The van der Waals surface area contributed by atoms with Gasteiger partial charge in [-0.1, -0.05) is 6.92 Å². The Morgan fingerprint density at radius 1 is 1.29 bits per heavy atom. The Bertz CT molecular complexity index is 465. The van der Waals surface area contributed by atoms with Gasteiger partial charge in [0, 0.05) is 20.1 Å². The largest absolute Gasteiger partial charge is 0.370 e. The van der Waals surface area contributed by atoms with Crippen LogP contribution in [-0.2, 0) is 0 Å². The zero-order valence-corrected chi connectivity index (χ0v) is 13.3. The van der Waals surface area contributed by atoms with Crippen molar-refractivity contribution in [3.8, 4) is 0 Å². The minimum Gasteiger partial charge on any atom is -0.370 e. The van der Waals surface area contributed by atoms with Crippen molar-refractivity contribution in [1.29, 1.82) is 0 Å². The lowest BCUT2D eigenvalue weighted by atomic mass is 10.3. The molecule has 1 aromatic heterocycles. The molecular formula is C14H25N5O2. The van der Waals surface area contributed by atoms with Crippen molar-refractivity contribution in [2.75, 3.05) is 51.0 Å². The number of anilines is 2. The molecule has 0 radical (unpaired) electrons. The molecule has 0 unspecified atom stereocenters. The van der Waals surface area contributed by atoms with Crippen molar-refractivity contribution >= 4 is 17.3 Å². The fraction of sp³-hybridized carbons (Fsp3) is 0.643. The molecule has 0 fully saturated rings. The average Bonchev–Trinajstić information content (AvgIpc) is 2.44. The Labute approximate surface area is 126 Å². The Morgan fingerprint density at radius 2 is 2.00 bits per heavy atom. The third-order valence-electron chi connectivity index (χ3n) is 3.05. The number of hydrogen-bond donors (Lipinski definition) is 1. The SMILES string of the molecule is CCCNc1cc([N+](=O)[O-])cc(N(C)CCCN(C)C)n1. The Hall–Kier alpha value is -1.89. The van der Waals surface area contributed by atoms with E-state index in [-0.39, 0.29) is 10.6 Å². The number of aromatic nitrogens is 1. The highest BCUT2D eigenvalue weighted by Crippen LogP contribution is 2.22. The van der Waals surface area contributed by atoms with Crippen LogP contribution in [-0.4, -0.2) is 55.6 Å². The molecule has 0 aromatic carbocycles. The summed E-state index contributed by atoms with van der Waals surface area (Å²) in [6.45, 7) is 4.57. The van der Waals surface area contributed by atoms with Crippen LogP contribution in [0.2, 0.25) is 0 Å². The molecule has 0 atom stereocenters. The van der Waals surface area contributed by atoms with Crippen LogP contribution in [0.4, 0.5) is 17.3 Å². The highest BCUT2D eigenvalue weighted by molar-refractivity contribution is 5.55. The molecular weight excluding hydrogens is 270 g/mol. The summed E-state index contributed by atoms with van der Waals surface area (Å²) in [5.41, 5.74) is 0.0677. The maximum Gasteiger partial charge on any atom is 0.276 e. The van der Waals surface area contributed by atoms with Gasteiger partial charge < -0.3 is 15.1 Å². The van der Waals surface area contributed by atoms with Crippen LogP contribution in [0.3, 0.4) is 0 Å². The smallest absolute Gasteiger partial charge is 0.276 e. The number of nitrogens with zero attached hydrogens (tertiary/aromatic N) is 4. The van der Waals surface area contributed by atoms with E-state index in [1.165, 1.54) is 12.1 Å². The monoisotopic (exact) mass is 295 g/mol. The van der Waals surface area contributed by atoms with Gasteiger partial charge in [0.15, 0.2) is 0 Å². The number of nitrogens with one attached hydrogen (secondary N) is 1. The molecule has 0 saturated carbocycles. The molecule has 0 aliphatic heterocycles. The summed E-state index contributed by atoms with van der Waals surface area (Å²) in [6.07, 6.45) is 1.92. The van der Waals surface area contributed by atoms with E-state index in [9.17, 15) is 10.1 Å². The third-order valence-corrected chi connectivity index (χ3v) is 3.05. The predicted molar refractivity (Wildman–Crippen MR) is 86.1 cm³/mol. The summed E-state index contributed by atoms with van der Waals surface area (Å²) >= 11 is 0. The lowest BCUT2D eigenvalue weighted by Gasteiger charge is -2.20. The second-order valence-corrected chi connectivity index (χ2v) is 5.33. The van der Waals surface area contributed by atoms with E-state index >= 15 is 0 Å². The van der Waals surface area contributed by atoms with Crippen LogP contribution >= 0.6 is 0 Å². The van der Waals surface area contributed by atoms with Gasteiger partial charge in [-0.2, -0.15) is 0 Å². The molecule has 0 spiro atoms. The van der Waals surface area contributed by atoms with Gasteiger partial charge in [-0.15, -0.1) is 0 Å². The van der Waals surface area contributed by atoms with Crippen LogP contribution in [0.25, 0.3) is 0 Å². The van der Waals surface area contributed by atoms with Crippen molar-refractivity contribution < 1.29 is 4.92 Å². The second-order valence-electron chi connectivity index (χ2n) is 5.33. The first-order valence-electron chi connectivity index (χ1n) is 7.20. The van der Waals surface area contributed by atoms with Crippen LogP contribution in [0.15, 0.2) is 12.1 Å². The van der Waals surface area contributed by atoms with Crippen LogP contribution < -0.4 is 10.2 Å². The molecule has 7 heteroatoms. The second kappa shape index (κ2) is 8.41. The van der Waals surface area contributed by atoms with Crippen molar-refractivity contribution in [3.05, 3.63) is 22.2 Å². The van der Waals surface area contributed by atoms with E-state index in [2.05, 4.69) is 15.2 Å². The third kappa shape index (κ3) is 5.95. The minimum atomic E-state index is -0.379. The summed E-state index contributed by atoms with van der Waals surface area (Å²) in [7, 11) is 5.96. The van der Waals surface area contributed by atoms with Gasteiger partial charge >= 0.3 is 0 Å². The van der Waals surface area contributed by atoms with Gasteiger partial charge in [0.1, 0.15) is 11.6 Å². The van der Waals surface area contributed by atoms with Gasteiger partial charge in [-0.3, -0.25) is 10.1 Å². The van der Waals surface area contributed by atoms with Crippen molar-refractivity contribution in [1.82, 2.24) is 9.88 Å². The molecule has 0 bridgehead atoms. The highest BCUT2D eigenvalue weighted by Gasteiger charge is 2.13. The van der Waals surface area contributed by atoms with Gasteiger partial charge in [0.2, 0.25) is 0 Å². The normalized spacial score (nSPS) is 10.7. The first kappa shape index (κ1) is 17.2. The van der Waals surface area contributed by atoms with Crippen LogP contribution in [0, 0.1) is 10.1 Å². The van der Waals surface area contributed by atoms with Gasteiger partial charge in [0.05, 0.1) is 17.1 Å². The number of pyridine rings is 1. The van der Waals surface area contributed by atoms with E-state index in [4.69, 9.17) is 0 Å². The van der Waals surface area contributed by atoms with Crippen LogP contribution in [0.1, 0.15) is 19.8 Å². The van der Waals surface area contributed by atoms with E-state index in [1.807, 2.05) is 33.0 Å². The summed E-state index contributed by atoms with van der Waals surface area (Å²) in [4.78, 5) is 19.2. The molecule has 1 heterocycles. The quantitative estimate of drug-likeness (QED) is 0.556. The number of hydrogen-bond acceptors (Lipinski definition) is 6. The first-order valence-corrected chi connectivity index (χ1v) is 7.20. The molecule has 1 N–H and O–H groups in total. The van der Waals surface area contributed by atoms with Crippen LogP contribution in [0.5, 0.6) is 0 Å². The summed E-state index contributed by atoms with van der Waals surface area (Å²) < 4.78 is 0. The molecule has 1 aromatic rings. The lowest BCUT2D eigenvalue weighted by Crippen LogP contribution is -2.24. The van der Waals surface area contributed by atoms with E-state index in [1.54, 1.807) is 0 Å². The highest BCUT2D eigenvalue weighted by atomic mass is 16.6. The van der Waals surface area contributed by atoms with E-state index in [0.717, 1.165) is 32.5 Å². The summed E-state index contributed by atoms with van der Waals surface area (Å²) in [5, 5.41) is 14.1. The van der Waals surface area contributed by atoms with Crippen molar-refractivity contribution in [3.63, 3.8) is 0 Å². The van der Waals surface area contributed by atoms with Crippen molar-refractivity contribution in [2.24, 2.45) is 0 Å². The summed E-state index contributed by atoms with van der Waals surface area (Å²) in [6, 6.07) is 3.00. The van der Waals surface area contributed by atoms with Gasteiger partial charge in [-0.05, 0) is 33.5 Å².